The maximum absolute atomic E-state index is 12.6. The minimum absolute atomic E-state index is 0.0193. The van der Waals surface area contributed by atoms with Gasteiger partial charge in [-0.15, -0.1) is 0 Å². The van der Waals surface area contributed by atoms with Crippen molar-refractivity contribution in [2.24, 2.45) is 0 Å². The fourth-order valence-corrected chi connectivity index (χ4v) is 3.35. The summed E-state index contributed by atoms with van der Waals surface area (Å²) >= 11 is 6.03. The highest BCUT2D eigenvalue weighted by Crippen LogP contribution is 2.30. The van der Waals surface area contributed by atoms with Crippen LogP contribution in [-0.4, -0.2) is 34.1 Å². The number of hydrogen-bond acceptors (Lipinski definition) is 3. The molecule has 6 heteroatoms. The van der Waals surface area contributed by atoms with Crippen LogP contribution in [0.3, 0.4) is 0 Å². The van der Waals surface area contributed by atoms with E-state index in [0.29, 0.717) is 18.0 Å². The fourth-order valence-electron chi connectivity index (χ4n) is 3.22. The van der Waals surface area contributed by atoms with Gasteiger partial charge < -0.3 is 15.4 Å². The number of unbranched alkanes of at least 4 members (excludes halogenated alkanes) is 1. The minimum atomic E-state index is -0.0833. The number of allylic oxidation sites excluding steroid dienone is 3. The molecule has 1 heterocycles. The maximum Gasteiger partial charge on any atom is 0.220 e. The molecule has 0 fully saturated rings. The number of carbonyl (C=O) groups excluding carboxylic acids is 1. The quantitative estimate of drug-likeness (QED) is 0.294. The fraction of sp³-hybridized carbons (Fsp3) is 0.440. The lowest BCUT2D eigenvalue weighted by Crippen LogP contribution is -2.26. The molecule has 0 aliphatic carbocycles. The normalized spacial score (nSPS) is 12.4. The number of nitrogens with one attached hydrogen (secondary N) is 2. The number of hydrogen-bond donors (Lipinski definition) is 3. The van der Waals surface area contributed by atoms with Gasteiger partial charge in [0.25, 0.3) is 0 Å². The van der Waals surface area contributed by atoms with Crippen LogP contribution in [0.25, 0.3) is 0 Å². The molecule has 0 radical (unpaired) electrons. The number of imidazole rings is 1. The van der Waals surface area contributed by atoms with E-state index >= 15 is 0 Å². The molecule has 2 rings (SSSR count). The van der Waals surface area contributed by atoms with Gasteiger partial charge in [-0.2, -0.15) is 0 Å². The molecule has 2 aromatic rings. The van der Waals surface area contributed by atoms with Gasteiger partial charge in [0.2, 0.25) is 5.91 Å². The van der Waals surface area contributed by atoms with Crippen molar-refractivity contribution in [2.75, 3.05) is 13.2 Å². The van der Waals surface area contributed by atoms with Crippen LogP contribution < -0.4 is 5.32 Å². The molecular formula is C25H36ClN3O2. The van der Waals surface area contributed by atoms with Crippen LogP contribution in [0, 0.1) is 0 Å². The van der Waals surface area contributed by atoms with Gasteiger partial charge in [0, 0.05) is 35.8 Å². The Hall–Kier alpha value is -2.37. The number of aromatic nitrogens is 2. The van der Waals surface area contributed by atoms with Gasteiger partial charge >= 0.3 is 0 Å². The van der Waals surface area contributed by atoms with E-state index in [1.54, 1.807) is 12.4 Å². The Morgan fingerprint density at radius 2 is 2.00 bits per heavy atom. The van der Waals surface area contributed by atoms with Crippen molar-refractivity contribution in [3.05, 3.63) is 76.9 Å². The number of benzene rings is 1. The first-order chi connectivity index (χ1) is 15.1. The second-order valence-electron chi connectivity index (χ2n) is 6.89. The van der Waals surface area contributed by atoms with Crippen LogP contribution in [0.2, 0.25) is 5.02 Å². The van der Waals surface area contributed by atoms with Crippen molar-refractivity contribution < 1.29 is 9.90 Å². The number of aromatic amines is 1. The van der Waals surface area contributed by atoms with Crippen LogP contribution in [0.1, 0.15) is 63.6 Å². The Bertz CT molecular complexity index is 784. The molecule has 0 saturated heterocycles. The number of carbonyl (C=O) groups is 1. The van der Waals surface area contributed by atoms with Gasteiger partial charge in [-0.3, -0.25) is 4.79 Å². The van der Waals surface area contributed by atoms with Crippen molar-refractivity contribution in [3.8, 4) is 0 Å². The zero-order chi connectivity index (χ0) is 22.9. The van der Waals surface area contributed by atoms with Gasteiger partial charge in [-0.25, -0.2) is 4.98 Å². The van der Waals surface area contributed by atoms with Crippen molar-refractivity contribution in [1.82, 2.24) is 15.3 Å². The van der Waals surface area contributed by atoms with E-state index in [1.807, 2.05) is 50.4 Å². The number of rotatable bonds is 12. The number of nitrogens with zero attached hydrogens (tertiary/aromatic N) is 1. The average molecular weight is 446 g/mol. The van der Waals surface area contributed by atoms with Crippen LogP contribution in [-0.2, 0) is 11.2 Å². The highest BCUT2D eigenvalue weighted by atomic mass is 35.5. The first-order valence-corrected chi connectivity index (χ1v) is 11.5. The Kier molecular flexibility index (Phi) is 14.1. The number of H-pyrrole nitrogens is 1. The van der Waals surface area contributed by atoms with E-state index in [4.69, 9.17) is 11.6 Å². The second kappa shape index (κ2) is 16.3. The first-order valence-electron chi connectivity index (χ1n) is 11.1. The van der Waals surface area contributed by atoms with Crippen molar-refractivity contribution in [2.45, 2.75) is 58.8 Å². The van der Waals surface area contributed by atoms with Gasteiger partial charge in [0.15, 0.2) is 0 Å². The third-order valence-corrected chi connectivity index (χ3v) is 4.92. The van der Waals surface area contributed by atoms with Crippen LogP contribution in [0.15, 0.2) is 60.6 Å². The molecule has 0 bridgehead atoms. The number of aliphatic hydroxyl groups is 1. The number of aliphatic hydroxyl groups excluding tert-OH is 1. The summed E-state index contributed by atoms with van der Waals surface area (Å²) in [4.78, 5) is 19.7. The second-order valence-corrected chi connectivity index (χ2v) is 7.33. The Labute approximate surface area is 191 Å². The Balaban J connectivity index is 0.00000233. The lowest BCUT2D eigenvalue weighted by Gasteiger charge is -2.19. The topological polar surface area (TPSA) is 78.0 Å². The lowest BCUT2D eigenvalue weighted by atomic mass is 9.87. The Morgan fingerprint density at radius 3 is 2.61 bits per heavy atom. The molecular weight excluding hydrogens is 410 g/mol. The molecule has 1 unspecified atom stereocenters. The molecule has 0 aliphatic heterocycles. The molecule has 0 aliphatic rings. The van der Waals surface area contributed by atoms with Crippen LogP contribution >= 0.6 is 11.6 Å². The summed E-state index contributed by atoms with van der Waals surface area (Å²) in [6, 6.07) is 7.61. The molecule has 1 atom stereocenters. The monoisotopic (exact) mass is 445 g/mol. The third kappa shape index (κ3) is 10.5. The van der Waals surface area contributed by atoms with E-state index in [1.165, 1.54) is 0 Å². The van der Waals surface area contributed by atoms with E-state index in [9.17, 15) is 9.90 Å². The number of aryl methyl sites for hydroxylation is 1. The van der Waals surface area contributed by atoms with Crippen LogP contribution in [0.5, 0.6) is 0 Å². The highest BCUT2D eigenvalue weighted by Gasteiger charge is 2.19. The van der Waals surface area contributed by atoms with Crippen molar-refractivity contribution >= 4 is 17.5 Å². The predicted molar refractivity (Wildman–Crippen MR) is 129 cm³/mol. The van der Waals surface area contributed by atoms with Crippen molar-refractivity contribution in [1.29, 1.82) is 0 Å². The molecule has 170 valence electrons. The number of halogens is 1. The van der Waals surface area contributed by atoms with Crippen molar-refractivity contribution in [3.63, 3.8) is 0 Å². The van der Waals surface area contributed by atoms with Gasteiger partial charge in [-0.1, -0.05) is 62.7 Å². The minimum Gasteiger partial charge on any atom is -0.392 e. The average Bonchev–Trinajstić information content (AvgIpc) is 3.30. The summed E-state index contributed by atoms with van der Waals surface area (Å²) in [5.41, 5.74) is 3.17. The predicted octanol–water partition coefficient (Wildman–Crippen LogP) is 5.59. The molecule has 31 heavy (non-hydrogen) atoms. The smallest absolute Gasteiger partial charge is 0.220 e. The molecule has 1 amide bonds. The molecule has 5 nitrogen and oxygen atoms in total. The summed E-state index contributed by atoms with van der Waals surface area (Å²) < 4.78 is 0. The summed E-state index contributed by atoms with van der Waals surface area (Å²) in [5.74, 6) is -0.0640. The maximum atomic E-state index is 12.6. The van der Waals surface area contributed by atoms with E-state index in [-0.39, 0.29) is 18.4 Å². The van der Waals surface area contributed by atoms with Crippen LogP contribution in [0.4, 0.5) is 0 Å². The van der Waals surface area contributed by atoms with Gasteiger partial charge in [0.1, 0.15) is 0 Å². The molecule has 3 N–H and O–H groups in total. The zero-order valence-corrected chi connectivity index (χ0v) is 19.7. The number of amides is 1. The van der Waals surface area contributed by atoms with Gasteiger partial charge in [0.05, 0.1) is 12.9 Å². The molecule has 0 spiro atoms. The summed E-state index contributed by atoms with van der Waals surface area (Å²) in [5, 5.41) is 12.9. The largest absolute Gasteiger partial charge is 0.392 e. The first kappa shape index (κ1) is 26.7. The molecule has 0 saturated carbocycles. The molecule has 1 aromatic carbocycles. The standard InChI is InChI=1S/C23H30ClN3O2.C2H6/c1-2-6-18(7-5-14-28)22(19-9-11-20(24)12-10-19)15-23(29)26-13-4-3-8-21-16-25-17-27-21;1-2/h5-7,9-12,16-17,22,28H,2-4,8,13-15H2,1H3,(H,25,27)(H,26,29);1-2H3/b7-5-,18-6-;. The van der Waals surface area contributed by atoms with E-state index in [2.05, 4.69) is 28.3 Å². The highest BCUT2D eigenvalue weighted by molar-refractivity contribution is 6.30. The van der Waals surface area contributed by atoms with E-state index in [0.717, 1.165) is 42.5 Å². The van der Waals surface area contributed by atoms with Gasteiger partial charge in [-0.05, 0) is 49.0 Å². The van der Waals surface area contributed by atoms with E-state index < -0.39 is 0 Å². The summed E-state index contributed by atoms with van der Waals surface area (Å²) in [6.07, 6.45) is 13.3. The summed E-state index contributed by atoms with van der Waals surface area (Å²) in [7, 11) is 0. The lowest BCUT2D eigenvalue weighted by molar-refractivity contribution is -0.121. The molecule has 1 aromatic heterocycles. The zero-order valence-electron chi connectivity index (χ0n) is 18.9. The third-order valence-electron chi connectivity index (χ3n) is 4.67. The SMILES string of the molecule is CC.CC/C=C(/C=C\CO)C(CC(=O)NCCCCc1cnc[nH]1)c1ccc(Cl)cc1. The summed E-state index contributed by atoms with van der Waals surface area (Å²) in [6.45, 7) is 6.68. The Morgan fingerprint density at radius 1 is 1.26 bits per heavy atom.